The zero-order valence-electron chi connectivity index (χ0n) is 8.21. The lowest BCUT2D eigenvalue weighted by atomic mass is 10.4. The number of rotatable bonds is 4. The molecule has 0 amide bonds. The SMILES string of the molecule is NC(=NCCN1CCCC1)C1CC1. The highest BCUT2D eigenvalue weighted by molar-refractivity contribution is 5.84. The lowest BCUT2D eigenvalue weighted by Gasteiger charge is -2.12. The highest BCUT2D eigenvalue weighted by atomic mass is 15.1. The quantitative estimate of drug-likeness (QED) is 0.516. The molecule has 0 bridgehead atoms. The summed E-state index contributed by atoms with van der Waals surface area (Å²) < 4.78 is 0. The van der Waals surface area contributed by atoms with Crippen LogP contribution in [-0.2, 0) is 0 Å². The summed E-state index contributed by atoms with van der Waals surface area (Å²) in [6, 6.07) is 0. The van der Waals surface area contributed by atoms with Gasteiger partial charge in [-0.2, -0.15) is 0 Å². The maximum absolute atomic E-state index is 5.80. The average Bonchev–Trinajstić information content (AvgIpc) is 2.86. The van der Waals surface area contributed by atoms with Gasteiger partial charge in [-0.3, -0.25) is 4.99 Å². The van der Waals surface area contributed by atoms with Gasteiger partial charge in [-0.15, -0.1) is 0 Å². The van der Waals surface area contributed by atoms with E-state index in [1.807, 2.05) is 0 Å². The number of nitrogens with two attached hydrogens (primary N) is 1. The summed E-state index contributed by atoms with van der Waals surface area (Å²) >= 11 is 0. The molecular weight excluding hydrogens is 162 g/mol. The molecule has 1 saturated carbocycles. The zero-order chi connectivity index (χ0) is 9.10. The van der Waals surface area contributed by atoms with Crippen molar-refractivity contribution in [1.29, 1.82) is 0 Å². The highest BCUT2D eigenvalue weighted by Crippen LogP contribution is 2.28. The van der Waals surface area contributed by atoms with Crippen molar-refractivity contribution in [2.24, 2.45) is 16.6 Å². The first-order valence-corrected chi connectivity index (χ1v) is 5.38. The fraction of sp³-hybridized carbons (Fsp3) is 0.900. The molecule has 3 nitrogen and oxygen atoms in total. The van der Waals surface area contributed by atoms with Gasteiger partial charge in [0, 0.05) is 12.5 Å². The Morgan fingerprint density at radius 2 is 2.00 bits per heavy atom. The predicted molar refractivity (Wildman–Crippen MR) is 54.9 cm³/mol. The summed E-state index contributed by atoms with van der Waals surface area (Å²) in [6.07, 6.45) is 5.25. The van der Waals surface area contributed by atoms with Crippen LogP contribution in [0.15, 0.2) is 4.99 Å². The minimum absolute atomic E-state index is 0.638. The molecule has 0 atom stereocenters. The summed E-state index contributed by atoms with van der Waals surface area (Å²) in [5.41, 5.74) is 5.80. The van der Waals surface area contributed by atoms with Crippen molar-refractivity contribution in [2.75, 3.05) is 26.2 Å². The van der Waals surface area contributed by atoms with Crippen molar-refractivity contribution in [3.8, 4) is 0 Å². The van der Waals surface area contributed by atoms with Gasteiger partial charge in [0.1, 0.15) is 0 Å². The van der Waals surface area contributed by atoms with Crippen LogP contribution in [0.5, 0.6) is 0 Å². The van der Waals surface area contributed by atoms with Gasteiger partial charge < -0.3 is 10.6 Å². The van der Waals surface area contributed by atoms with Crippen LogP contribution in [0.4, 0.5) is 0 Å². The number of aliphatic imine (C=N–C) groups is 1. The number of nitrogens with zero attached hydrogens (tertiary/aromatic N) is 2. The first kappa shape index (κ1) is 9.00. The molecule has 1 aliphatic heterocycles. The summed E-state index contributed by atoms with van der Waals surface area (Å²) in [6.45, 7) is 4.54. The molecule has 3 heteroatoms. The Labute approximate surface area is 80.0 Å². The fourth-order valence-corrected chi connectivity index (χ4v) is 1.83. The van der Waals surface area contributed by atoms with E-state index in [1.165, 1.54) is 38.8 Å². The van der Waals surface area contributed by atoms with Crippen LogP contribution in [0.2, 0.25) is 0 Å². The second-order valence-corrected chi connectivity index (χ2v) is 4.13. The highest BCUT2D eigenvalue weighted by Gasteiger charge is 2.25. The van der Waals surface area contributed by atoms with E-state index in [4.69, 9.17) is 5.73 Å². The van der Waals surface area contributed by atoms with Gasteiger partial charge in [-0.1, -0.05) is 0 Å². The number of hydrogen-bond donors (Lipinski definition) is 1. The summed E-state index contributed by atoms with van der Waals surface area (Å²) in [5, 5.41) is 0. The molecular formula is C10H19N3. The number of amidine groups is 1. The van der Waals surface area contributed by atoms with Gasteiger partial charge in [0.15, 0.2) is 0 Å². The fourth-order valence-electron chi connectivity index (χ4n) is 1.83. The van der Waals surface area contributed by atoms with E-state index in [1.54, 1.807) is 0 Å². The smallest absolute Gasteiger partial charge is 0.0968 e. The summed E-state index contributed by atoms with van der Waals surface area (Å²) in [5.74, 6) is 1.54. The molecule has 0 aromatic rings. The molecule has 1 heterocycles. The van der Waals surface area contributed by atoms with E-state index in [0.29, 0.717) is 5.92 Å². The maximum Gasteiger partial charge on any atom is 0.0968 e. The second kappa shape index (κ2) is 4.09. The molecule has 0 radical (unpaired) electrons. The largest absolute Gasteiger partial charge is 0.387 e. The molecule has 0 aromatic carbocycles. The zero-order valence-corrected chi connectivity index (χ0v) is 8.21. The van der Waals surface area contributed by atoms with E-state index < -0.39 is 0 Å². The number of likely N-dealkylation sites (tertiary alicyclic amines) is 1. The maximum atomic E-state index is 5.80. The molecule has 74 valence electrons. The van der Waals surface area contributed by atoms with Crippen LogP contribution in [0.1, 0.15) is 25.7 Å². The molecule has 13 heavy (non-hydrogen) atoms. The first-order valence-electron chi connectivity index (χ1n) is 5.38. The van der Waals surface area contributed by atoms with Crippen LogP contribution < -0.4 is 5.73 Å². The molecule has 1 saturated heterocycles. The Balaban J connectivity index is 1.63. The Morgan fingerprint density at radius 3 is 2.62 bits per heavy atom. The van der Waals surface area contributed by atoms with Crippen LogP contribution in [0.3, 0.4) is 0 Å². The average molecular weight is 181 g/mol. The molecule has 0 aromatic heterocycles. The van der Waals surface area contributed by atoms with Crippen LogP contribution in [0.25, 0.3) is 0 Å². The second-order valence-electron chi connectivity index (χ2n) is 4.13. The van der Waals surface area contributed by atoms with Crippen molar-refractivity contribution in [3.63, 3.8) is 0 Å². The molecule has 2 N–H and O–H groups in total. The van der Waals surface area contributed by atoms with Crippen LogP contribution >= 0.6 is 0 Å². The predicted octanol–water partition coefficient (Wildman–Crippen LogP) is 0.849. The number of hydrogen-bond acceptors (Lipinski definition) is 2. The van der Waals surface area contributed by atoms with E-state index in [2.05, 4.69) is 9.89 Å². The third-order valence-electron chi connectivity index (χ3n) is 2.90. The molecule has 0 unspecified atom stereocenters. The summed E-state index contributed by atoms with van der Waals surface area (Å²) in [4.78, 5) is 6.88. The van der Waals surface area contributed by atoms with Gasteiger partial charge in [0.2, 0.25) is 0 Å². The Morgan fingerprint density at radius 1 is 1.31 bits per heavy atom. The third-order valence-corrected chi connectivity index (χ3v) is 2.90. The lowest BCUT2D eigenvalue weighted by molar-refractivity contribution is 0.349. The van der Waals surface area contributed by atoms with Crippen molar-refractivity contribution in [2.45, 2.75) is 25.7 Å². The molecule has 1 aliphatic carbocycles. The minimum atomic E-state index is 0.638. The van der Waals surface area contributed by atoms with Crippen LogP contribution in [0, 0.1) is 5.92 Å². The normalized spacial score (nSPS) is 25.4. The first-order chi connectivity index (χ1) is 6.36. The van der Waals surface area contributed by atoms with Crippen molar-refractivity contribution in [1.82, 2.24) is 4.90 Å². The van der Waals surface area contributed by atoms with E-state index >= 15 is 0 Å². The standard InChI is InChI=1S/C10H19N3/c11-10(9-3-4-9)12-5-8-13-6-1-2-7-13/h9H,1-8H2,(H2,11,12). The molecule has 0 spiro atoms. The van der Waals surface area contributed by atoms with E-state index in [9.17, 15) is 0 Å². The van der Waals surface area contributed by atoms with E-state index in [0.717, 1.165) is 18.9 Å². The topological polar surface area (TPSA) is 41.6 Å². The van der Waals surface area contributed by atoms with Crippen molar-refractivity contribution >= 4 is 5.84 Å². The van der Waals surface area contributed by atoms with Crippen LogP contribution in [-0.4, -0.2) is 36.9 Å². The Hall–Kier alpha value is -0.570. The lowest BCUT2D eigenvalue weighted by Crippen LogP contribution is -2.24. The molecule has 2 rings (SSSR count). The Kier molecular flexibility index (Phi) is 2.83. The van der Waals surface area contributed by atoms with Gasteiger partial charge in [0.25, 0.3) is 0 Å². The minimum Gasteiger partial charge on any atom is -0.387 e. The molecule has 2 aliphatic rings. The third kappa shape index (κ3) is 2.69. The van der Waals surface area contributed by atoms with Crippen molar-refractivity contribution in [3.05, 3.63) is 0 Å². The van der Waals surface area contributed by atoms with Gasteiger partial charge >= 0.3 is 0 Å². The van der Waals surface area contributed by atoms with Gasteiger partial charge in [-0.25, -0.2) is 0 Å². The van der Waals surface area contributed by atoms with Gasteiger partial charge in [-0.05, 0) is 38.8 Å². The molecule has 2 fully saturated rings. The van der Waals surface area contributed by atoms with Crippen molar-refractivity contribution < 1.29 is 0 Å². The monoisotopic (exact) mass is 181 g/mol. The van der Waals surface area contributed by atoms with E-state index in [-0.39, 0.29) is 0 Å². The Bertz CT molecular complexity index is 190. The summed E-state index contributed by atoms with van der Waals surface area (Å²) in [7, 11) is 0. The van der Waals surface area contributed by atoms with Gasteiger partial charge in [0.05, 0.1) is 12.4 Å².